The van der Waals surface area contributed by atoms with Crippen LogP contribution in [0.15, 0.2) is 85.8 Å². The Bertz CT molecular complexity index is 3830. The van der Waals surface area contributed by atoms with Crippen molar-refractivity contribution in [3.05, 3.63) is 108 Å². The van der Waals surface area contributed by atoms with Gasteiger partial charge in [0.2, 0.25) is 65.0 Å². The molecule has 0 radical (unpaired) electrons. The number of imidazole rings is 2. The van der Waals surface area contributed by atoms with Gasteiger partial charge in [0.15, 0.2) is 11.3 Å². The molecule has 25 N–H and O–H groups in total. The van der Waals surface area contributed by atoms with E-state index in [1.165, 1.54) is 32.0 Å². The largest absolute Gasteiger partial charge is 0.391 e. The van der Waals surface area contributed by atoms with E-state index in [0.29, 0.717) is 64.9 Å². The van der Waals surface area contributed by atoms with Gasteiger partial charge < -0.3 is 112 Å². The van der Waals surface area contributed by atoms with Crippen LogP contribution in [0.3, 0.4) is 0 Å². The Hall–Kier alpha value is -10.2. The van der Waals surface area contributed by atoms with Crippen molar-refractivity contribution in [2.75, 3.05) is 38.5 Å². The summed E-state index contributed by atoms with van der Waals surface area (Å²) in [5, 5.41) is 50.9. The minimum absolute atomic E-state index is 0.00331. The molecular weight excluding hydrogens is 1420 g/mol. The molecule has 0 unspecified atom stereocenters. The summed E-state index contributed by atoms with van der Waals surface area (Å²) in [5.41, 5.74) is 25.6. The molecule has 0 spiro atoms. The first kappa shape index (κ1) is 82.5. The molecule has 5 aromatic rings. The molecule has 12 amide bonds. The van der Waals surface area contributed by atoms with Gasteiger partial charge in [-0.1, -0.05) is 70.1 Å². The van der Waals surface area contributed by atoms with Crippen LogP contribution in [0.5, 0.6) is 0 Å². The molecule has 0 saturated carbocycles. The smallest absolute Gasteiger partial charge is 0.257 e. The first-order valence-corrected chi connectivity index (χ1v) is 38.2. The van der Waals surface area contributed by atoms with Crippen molar-refractivity contribution in [2.24, 2.45) is 22.9 Å². The fourth-order valence-corrected chi connectivity index (χ4v) is 14.9. The van der Waals surface area contributed by atoms with E-state index in [1.54, 1.807) is 60.8 Å². The number of aliphatic hydroxyl groups excluding tert-OH is 1. The molecule has 3 aliphatic rings. The van der Waals surface area contributed by atoms with Crippen molar-refractivity contribution in [3.8, 4) is 0 Å². The van der Waals surface area contributed by atoms with Crippen LogP contribution in [0.25, 0.3) is 10.9 Å². The molecule has 580 valence electrons. The third-order valence-electron chi connectivity index (χ3n) is 18.4. The normalized spacial score (nSPS) is 25.5. The summed E-state index contributed by atoms with van der Waals surface area (Å²) in [6.07, 6.45) is 6.45. The Labute approximate surface area is 625 Å². The predicted octanol–water partition coefficient (Wildman–Crippen LogP) is -3.78. The quantitative estimate of drug-likeness (QED) is 0.0122. The second-order valence-electron chi connectivity index (χ2n) is 26.6. The second kappa shape index (κ2) is 41.7. The van der Waals surface area contributed by atoms with Crippen LogP contribution < -0.4 is 86.7 Å². The highest BCUT2D eigenvalue weighted by Crippen LogP contribution is 2.31. The number of nitrogens with zero attached hydrogens (tertiary/aromatic N) is 3. The summed E-state index contributed by atoms with van der Waals surface area (Å²) in [4.78, 5) is 199. The van der Waals surface area contributed by atoms with Gasteiger partial charge in [-0.3, -0.25) is 62.9 Å². The standard InChI is InChI=1S/C69H99N23O13S2/c1-38-56(94)82-46(18-7-10-22-70)57(95)83-47(19-8-11-23-71)58(96)84-48(20-9-12-24-72)59(97)85-49(21-13-25-77-69(73)74)60(98)91-67-68(105)92-34-43(93)30-55(92)66(104)89-53(29-42-33-76-37-80-42)64(102)86-50(26-39-14-3-2-4-15-39)61(99)88-52(28-41-32-75-36-79-41)63(101)87-51(27-40-31-78-45-17-6-5-16-44(40)45)62(100)90-54(35-106-107-67)65(103)81-38/h2-6,14-17,31-33,36-38,43,46-55,67,78,93H,7-13,18-30,34-35,70-72H2,1H3,(H,75,79)(H,76,80)(H,81,103)(H,82,94)(H,83,95)(H,84,96)(H,85,97)(H,86,102)(H,87,101)(H,88,99)(H,89,104)(H,90,100)(H,91,98)(H4,73,74,77)/t38-,43+,46-,47-,48-,49-,50+,51-,52-,53-,54-,55-,67-/m0/s1. The van der Waals surface area contributed by atoms with Gasteiger partial charge in [-0.05, 0) is 114 Å². The number of hydrogen-bond donors (Lipinski definition) is 21. The Morgan fingerprint density at radius 3 is 1.50 bits per heavy atom. The Morgan fingerprint density at radius 1 is 0.523 bits per heavy atom. The molecule has 13 atom stereocenters. The van der Waals surface area contributed by atoms with Crippen LogP contribution in [-0.4, -0.2) is 228 Å². The van der Waals surface area contributed by atoms with E-state index in [4.69, 9.17) is 28.3 Å². The molecule has 3 aliphatic heterocycles. The number of H-pyrrole nitrogens is 3. The lowest BCUT2D eigenvalue weighted by Crippen LogP contribution is -2.62. The minimum atomic E-state index is -1.82. The molecule has 6 heterocycles. The number of carbonyl (C=O) groups is 12. The molecule has 8 rings (SSSR count). The van der Waals surface area contributed by atoms with Crippen molar-refractivity contribution in [3.63, 3.8) is 0 Å². The maximum atomic E-state index is 15.7. The number of aliphatic hydroxyl groups is 1. The number of fused-ring (bicyclic) bond motifs is 6. The SMILES string of the molecule is C[C@@H]1NC(=O)[C@@H]2CSS[C@H](NC(=O)[C@H](CCCNC(=N)N)NC(=O)[C@H](CCCCN)NC(=O)[C@H](CCCCN)NC(=O)[C@H](CCCCN)NC1=O)C(=O)N1C[C@H](O)C[C@H]1C(=O)N[C@@H](Cc1c[nH]cn1)C(=O)N[C@H](Cc1ccccc1)C(=O)N[C@@H](Cc1c[nH]cn1)C(=O)N[C@@H](Cc1c[nH]c3ccccc13)C(=O)N2. The van der Waals surface area contributed by atoms with Gasteiger partial charge in [0.1, 0.15) is 66.5 Å². The van der Waals surface area contributed by atoms with E-state index in [1.807, 2.05) is 0 Å². The van der Waals surface area contributed by atoms with Crippen molar-refractivity contribution >= 4 is 109 Å². The van der Waals surface area contributed by atoms with Crippen molar-refractivity contribution < 1.29 is 62.6 Å². The van der Waals surface area contributed by atoms with Crippen LogP contribution in [0.2, 0.25) is 0 Å². The number of nitrogens with two attached hydrogens (primary N) is 4. The Kier molecular flexibility index (Phi) is 32.1. The lowest BCUT2D eigenvalue weighted by molar-refractivity contribution is -0.141. The summed E-state index contributed by atoms with van der Waals surface area (Å²) in [6, 6.07) is -0.957. The van der Waals surface area contributed by atoms with Gasteiger partial charge in [0.25, 0.3) is 5.91 Å². The van der Waals surface area contributed by atoms with E-state index in [9.17, 15) is 24.3 Å². The number of aromatic amines is 3. The third-order valence-corrected chi connectivity index (χ3v) is 20.9. The number of guanidine groups is 1. The molecule has 36 nitrogen and oxygen atoms in total. The number of para-hydroxylation sites is 1. The lowest BCUT2D eigenvalue weighted by atomic mass is 10.0. The number of amides is 12. The van der Waals surface area contributed by atoms with E-state index < -0.39 is 174 Å². The van der Waals surface area contributed by atoms with Crippen LogP contribution in [0, 0.1) is 5.41 Å². The first-order chi connectivity index (χ1) is 51.5. The molecule has 3 saturated heterocycles. The van der Waals surface area contributed by atoms with Crippen LogP contribution in [0.4, 0.5) is 0 Å². The van der Waals surface area contributed by atoms with E-state index in [-0.39, 0.29) is 102 Å². The number of nitrogens with one attached hydrogen (secondary N) is 16. The predicted molar refractivity (Wildman–Crippen MR) is 398 cm³/mol. The van der Waals surface area contributed by atoms with Gasteiger partial charge in [-0.15, -0.1) is 0 Å². The third kappa shape index (κ3) is 25.0. The molecular formula is C69H99N23O13S2. The van der Waals surface area contributed by atoms with E-state index in [2.05, 4.69) is 88.7 Å². The van der Waals surface area contributed by atoms with Gasteiger partial charge in [-0.25, -0.2) is 9.97 Å². The molecule has 38 heteroatoms. The summed E-state index contributed by atoms with van der Waals surface area (Å²) in [7, 11) is 1.37. The molecule has 0 aliphatic carbocycles. The average molecular weight is 1520 g/mol. The van der Waals surface area contributed by atoms with Crippen molar-refractivity contribution in [2.45, 2.75) is 188 Å². The zero-order valence-corrected chi connectivity index (χ0v) is 61.1. The molecule has 2 aromatic carbocycles. The Morgan fingerprint density at radius 2 is 0.981 bits per heavy atom. The zero-order chi connectivity index (χ0) is 76.9. The monoisotopic (exact) mass is 1520 g/mol. The maximum absolute atomic E-state index is 15.7. The molecule has 107 heavy (non-hydrogen) atoms. The number of hydrogen-bond acceptors (Lipinski definition) is 21. The maximum Gasteiger partial charge on any atom is 0.257 e. The summed E-state index contributed by atoms with van der Waals surface area (Å²) in [5.74, 6) is -12.0. The van der Waals surface area contributed by atoms with Gasteiger partial charge in [0, 0.05) is 80.4 Å². The molecule has 2 bridgehead atoms. The topological polar surface area (TPSA) is 574 Å². The van der Waals surface area contributed by atoms with Crippen LogP contribution in [-0.2, 0) is 83.2 Å². The van der Waals surface area contributed by atoms with Crippen molar-refractivity contribution in [1.82, 2.24) is 93.6 Å². The van der Waals surface area contributed by atoms with Crippen LogP contribution >= 0.6 is 21.6 Å². The zero-order valence-electron chi connectivity index (χ0n) is 59.5. The number of unbranched alkanes of at least 4 members (excludes halogenated alkanes) is 3. The summed E-state index contributed by atoms with van der Waals surface area (Å²) >= 11 is 0. The number of benzene rings is 2. The van der Waals surface area contributed by atoms with Crippen molar-refractivity contribution in [1.29, 1.82) is 5.41 Å². The van der Waals surface area contributed by atoms with E-state index in [0.717, 1.165) is 15.7 Å². The highest BCUT2D eigenvalue weighted by molar-refractivity contribution is 8.77. The fourth-order valence-electron chi connectivity index (χ4n) is 12.5. The van der Waals surface area contributed by atoms with E-state index >= 15 is 38.4 Å². The average Bonchev–Trinajstić information content (AvgIpc) is 1.70. The highest BCUT2D eigenvalue weighted by Gasteiger charge is 2.45. The van der Waals surface area contributed by atoms with Gasteiger partial charge in [0.05, 0.1) is 30.1 Å². The molecule has 3 fully saturated rings. The van der Waals surface area contributed by atoms with Crippen LogP contribution in [0.1, 0.15) is 106 Å². The fraction of sp³-hybridized carbons (Fsp3) is 0.522. The second-order valence-corrected chi connectivity index (χ2v) is 29.1. The number of carbonyl (C=O) groups excluding carboxylic acids is 12. The number of aromatic nitrogens is 5. The molecule has 3 aromatic heterocycles. The Balaban J connectivity index is 1.28. The lowest BCUT2D eigenvalue weighted by Gasteiger charge is -2.31. The minimum Gasteiger partial charge on any atom is -0.391 e. The highest BCUT2D eigenvalue weighted by atomic mass is 33.1. The number of rotatable bonds is 24. The summed E-state index contributed by atoms with van der Waals surface area (Å²) in [6.45, 7) is 1.46. The van der Waals surface area contributed by atoms with Gasteiger partial charge in [-0.2, -0.15) is 0 Å². The van der Waals surface area contributed by atoms with Gasteiger partial charge >= 0.3 is 0 Å². The first-order valence-electron chi connectivity index (χ1n) is 35.9. The summed E-state index contributed by atoms with van der Waals surface area (Å²) < 4.78 is 0.